The lowest BCUT2D eigenvalue weighted by atomic mass is 10.0. The molecule has 3 rings (SSSR count). The molecule has 0 atom stereocenters. The van der Waals surface area contributed by atoms with Gasteiger partial charge < -0.3 is 0 Å². The molecule has 0 amide bonds. The molecule has 0 aliphatic carbocycles. The summed E-state index contributed by atoms with van der Waals surface area (Å²) in [4.78, 5) is 15.1. The summed E-state index contributed by atoms with van der Waals surface area (Å²) in [6, 6.07) is 12.0. The highest BCUT2D eigenvalue weighted by atomic mass is 35.5. The van der Waals surface area contributed by atoms with E-state index in [1.165, 1.54) is 6.07 Å². The fraction of sp³-hybridized carbons (Fsp3) is 0.0667. The van der Waals surface area contributed by atoms with Gasteiger partial charge in [0, 0.05) is 5.56 Å². The Morgan fingerprint density at radius 1 is 1.09 bits per heavy atom. The third-order valence-electron chi connectivity index (χ3n) is 3.09. The molecule has 112 valence electrons. The van der Waals surface area contributed by atoms with Gasteiger partial charge in [0.25, 0.3) is 0 Å². The first-order chi connectivity index (χ1) is 10.4. The average Bonchev–Trinajstić information content (AvgIpc) is 2.88. The van der Waals surface area contributed by atoms with Crippen molar-refractivity contribution in [3.05, 3.63) is 63.1 Å². The Morgan fingerprint density at radius 3 is 2.45 bits per heavy atom. The van der Waals surface area contributed by atoms with Crippen molar-refractivity contribution in [3.63, 3.8) is 0 Å². The summed E-state index contributed by atoms with van der Waals surface area (Å²) in [7, 11) is 0. The number of thiazole rings is 1. The number of carbonyl (C=O) groups excluding carboxylic acids is 1. The van der Waals surface area contributed by atoms with E-state index in [4.69, 9.17) is 11.6 Å². The molecular formula is C15H7ClF3NOS. The molecule has 22 heavy (non-hydrogen) atoms. The van der Waals surface area contributed by atoms with Crippen LogP contribution in [0, 0.1) is 0 Å². The van der Waals surface area contributed by atoms with Gasteiger partial charge in [-0.1, -0.05) is 59.3 Å². The maximum Gasteiger partial charge on any atom is 0.434 e. The third kappa shape index (κ3) is 2.71. The predicted molar refractivity (Wildman–Crippen MR) is 79.5 cm³/mol. The molecule has 1 aromatic heterocycles. The molecule has 0 saturated carbocycles. The normalized spacial score (nSPS) is 11.8. The fourth-order valence-electron chi connectivity index (χ4n) is 2.10. The summed E-state index contributed by atoms with van der Waals surface area (Å²) < 4.78 is 38.5. The lowest BCUT2D eigenvalue weighted by Gasteiger charge is -2.06. The van der Waals surface area contributed by atoms with Gasteiger partial charge in [0.05, 0.1) is 0 Å². The molecule has 0 radical (unpaired) electrons. The Labute approximate surface area is 132 Å². The molecule has 2 nitrogen and oxygen atoms in total. The Hall–Kier alpha value is -1.92. The molecule has 0 aliphatic heterocycles. The minimum atomic E-state index is -4.72. The molecular weight excluding hydrogens is 335 g/mol. The number of nitrogens with zero attached hydrogens (tertiary/aromatic N) is 1. The van der Waals surface area contributed by atoms with Gasteiger partial charge in [0.1, 0.15) is 4.88 Å². The predicted octanol–water partition coefficient (Wildman–Crippen LogP) is 5.20. The van der Waals surface area contributed by atoms with Gasteiger partial charge >= 0.3 is 6.18 Å². The summed E-state index contributed by atoms with van der Waals surface area (Å²) in [5.41, 5.74) is -1.06. The van der Waals surface area contributed by atoms with E-state index in [2.05, 4.69) is 4.98 Å². The van der Waals surface area contributed by atoms with Crippen LogP contribution in [0.25, 0.3) is 10.8 Å². The van der Waals surface area contributed by atoms with Crippen molar-refractivity contribution in [1.82, 2.24) is 4.98 Å². The van der Waals surface area contributed by atoms with E-state index < -0.39 is 22.5 Å². The smallest absolute Gasteiger partial charge is 0.288 e. The van der Waals surface area contributed by atoms with E-state index in [1.807, 2.05) is 12.1 Å². The van der Waals surface area contributed by atoms with Gasteiger partial charge in [-0.2, -0.15) is 13.2 Å². The standard InChI is InChI=1S/C15H7ClF3NOS/c16-14-20-13(15(17,18)19)12(22-14)11(21)10-6-5-8-3-1-2-4-9(8)7-10/h1-7H. The maximum absolute atomic E-state index is 12.9. The summed E-state index contributed by atoms with van der Waals surface area (Å²) in [5.74, 6) is -0.734. The van der Waals surface area contributed by atoms with Gasteiger partial charge in [-0.3, -0.25) is 4.79 Å². The highest BCUT2D eigenvalue weighted by Gasteiger charge is 2.39. The van der Waals surface area contributed by atoms with Crippen molar-refractivity contribution in [1.29, 1.82) is 0 Å². The van der Waals surface area contributed by atoms with Crippen LogP contribution in [0.15, 0.2) is 42.5 Å². The van der Waals surface area contributed by atoms with Crippen molar-refractivity contribution < 1.29 is 18.0 Å². The zero-order valence-corrected chi connectivity index (χ0v) is 12.4. The molecule has 0 bridgehead atoms. The Kier molecular flexibility index (Phi) is 3.66. The Morgan fingerprint density at radius 2 is 1.77 bits per heavy atom. The van der Waals surface area contributed by atoms with E-state index >= 15 is 0 Å². The van der Waals surface area contributed by atoms with Gasteiger partial charge in [0.15, 0.2) is 10.2 Å². The molecule has 0 spiro atoms. The Bertz CT molecular complexity index is 873. The average molecular weight is 342 g/mol. The minimum Gasteiger partial charge on any atom is -0.288 e. The molecule has 0 unspecified atom stereocenters. The molecule has 0 fully saturated rings. The largest absolute Gasteiger partial charge is 0.434 e. The maximum atomic E-state index is 12.9. The third-order valence-corrected chi connectivity index (χ3v) is 4.25. The zero-order valence-electron chi connectivity index (χ0n) is 10.8. The van der Waals surface area contributed by atoms with E-state index in [-0.39, 0.29) is 10.0 Å². The number of ketones is 1. The van der Waals surface area contributed by atoms with Crippen LogP contribution in [-0.4, -0.2) is 10.8 Å². The Balaban J connectivity index is 2.10. The lowest BCUT2D eigenvalue weighted by molar-refractivity contribution is -0.141. The lowest BCUT2D eigenvalue weighted by Crippen LogP contribution is -2.12. The van der Waals surface area contributed by atoms with E-state index in [9.17, 15) is 18.0 Å². The SMILES string of the molecule is O=C(c1ccc2ccccc2c1)c1sc(Cl)nc1C(F)(F)F. The van der Waals surface area contributed by atoms with Gasteiger partial charge in [0.2, 0.25) is 5.78 Å². The molecule has 2 aromatic carbocycles. The van der Waals surface area contributed by atoms with Crippen molar-refractivity contribution >= 4 is 39.5 Å². The topological polar surface area (TPSA) is 30.0 Å². The highest BCUT2D eigenvalue weighted by Crippen LogP contribution is 2.37. The van der Waals surface area contributed by atoms with Crippen LogP contribution in [0.1, 0.15) is 20.9 Å². The van der Waals surface area contributed by atoms with Crippen LogP contribution in [0.4, 0.5) is 13.2 Å². The molecule has 3 aromatic rings. The quantitative estimate of drug-likeness (QED) is 0.600. The molecule has 0 N–H and O–H groups in total. The number of halogens is 4. The molecule has 0 saturated heterocycles. The first kappa shape index (κ1) is 15.0. The van der Waals surface area contributed by atoms with Crippen molar-refractivity contribution in [2.24, 2.45) is 0 Å². The number of hydrogen-bond donors (Lipinski definition) is 0. The van der Waals surface area contributed by atoms with E-state index in [0.29, 0.717) is 11.3 Å². The second kappa shape index (κ2) is 5.37. The first-order valence-electron chi connectivity index (χ1n) is 6.13. The van der Waals surface area contributed by atoms with Crippen molar-refractivity contribution in [2.45, 2.75) is 6.18 Å². The van der Waals surface area contributed by atoms with E-state index in [1.54, 1.807) is 24.3 Å². The van der Waals surface area contributed by atoms with Gasteiger partial charge in [-0.05, 0) is 16.8 Å². The summed E-state index contributed by atoms with van der Waals surface area (Å²) in [6.07, 6.45) is -4.72. The van der Waals surface area contributed by atoms with Crippen LogP contribution in [-0.2, 0) is 6.18 Å². The molecule has 7 heteroatoms. The van der Waals surface area contributed by atoms with Crippen molar-refractivity contribution in [3.8, 4) is 0 Å². The monoisotopic (exact) mass is 341 g/mol. The zero-order chi connectivity index (χ0) is 15.9. The number of alkyl halides is 3. The summed E-state index contributed by atoms with van der Waals surface area (Å²) in [5, 5.41) is 1.68. The number of rotatable bonds is 2. The van der Waals surface area contributed by atoms with Crippen LogP contribution in [0.2, 0.25) is 4.47 Å². The second-order valence-electron chi connectivity index (χ2n) is 4.53. The van der Waals surface area contributed by atoms with E-state index in [0.717, 1.165) is 10.8 Å². The van der Waals surface area contributed by atoms with Crippen LogP contribution < -0.4 is 0 Å². The number of carbonyl (C=O) groups is 1. The molecule has 0 aliphatic rings. The van der Waals surface area contributed by atoms with Crippen molar-refractivity contribution in [2.75, 3.05) is 0 Å². The first-order valence-corrected chi connectivity index (χ1v) is 7.33. The number of aromatic nitrogens is 1. The van der Waals surface area contributed by atoms with Crippen LogP contribution >= 0.6 is 22.9 Å². The number of hydrogen-bond acceptors (Lipinski definition) is 3. The molecule has 1 heterocycles. The minimum absolute atomic E-state index is 0.171. The number of benzene rings is 2. The van der Waals surface area contributed by atoms with Crippen LogP contribution in [0.5, 0.6) is 0 Å². The summed E-state index contributed by atoms with van der Waals surface area (Å²) >= 11 is 6.09. The fourth-order valence-corrected chi connectivity index (χ4v) is 3.19. The second-order valence-corrected chi connectivity index (χ2v) is 6.11. The number of fused-ring (bicyclic) bond motifs is 1. The van der Waals surface area contributed by atoms with Gasteiger partial charge in [-0.25, -0.2) is 4.98 Å². The highest BCUT2D eigenvalue weighted by molar-refractivity contribution is 7.17. The van der Waals surface area contributed by atoms with Crippen LogP contribution in [0.3, 0.4) is 0 Å². The summed E-state index contributed by atoms with van der Waals surface area (Å²) in [6.45, 7) is 0. The van der Waals surface area contributed by atoms with Gasteiger partial charge in [-0.15, -0.1) is 0 Å².